The van der Waals surface area contributed by atoms with Gasteiger partial charge in [-0.15, -0.1) is 0 Å². The van der Waals surface area contributed by atoms with Crippen molar-refractivity contribution in [1.82, 2.24) is 5.32 Å². The Bertz CT molecular complexity index is 302. The Kier molecular flexibility index (Phi) is 6.30. The Morgan fingerprint density at radius 3 is 2.90 bits per heavy atom. The highest BCUT2D eigenvalue weighted by molar-refractivity contribution is 5.79. The second-order valence-electron chi connectivity index (χ2n) is 6.33. The Balaban J connectivity index is 1.73. The van der Waals surface area contributed by atoms with Crippen LogP contribution in [0.2, 0.25) is 0 Å². The van der Waals surface area contributed by atoms with Gasteiger partial charge >= 0.3 is 0 Å². The lowest BCUT2D eigenvalue weighted by Gasteiger charge is -2.29. The smallest absolute Gasteiger partial charge is 0.220 e. The first-order valence-electron chi connectivity index (χ1n) is 8.24. The van der Waals surface area contributed by atoms with Gasteiger partial charge in [0.2, 0.25) is 5.91 Å². The molecule has 2 aliphatic rings. The summed E-state index contributed by atoms with van der Waals surface area (Å²) in [5.41, 5.74) is 0.126. The Morgan fingerprint density at radius 2 is 2.25 bits per heavy atom. The number of amides is 1. The van der Waals surface area contributed by atoms with Crippen LogP contribution in [0.3, 0.4) is 0 Å². The molecule has 2 rings (SSSR count). The van der Waals surface area contributed by atoms with E-state index in [2.05, 4.69) is 12.2 Å². The minimum atomic E-state index is -0.0125. The standard InChI is InChI=1S/C16H29NO3/c1-2-3-5-8-16(12-14(18)17-13-16)9-11-20-15-7-4-6-10-19-15/h15H,2-13H2,1H3,(H,17,18). The van der Waals surface area contributed by atoms with Crippen molar-refractivity contribution in [3.63, 3.8) is 0 Å². The lowest BCUT2D eigenvalue weighted by atomic mass is 9.79. The molecule has 0 aromatic carbocycles. The van der Waals surface area contributed by atoms with Crippen molar-refractivity contribution < 1.29 is 14.3 Å². The molecule has 0 aromatic heterocycles. The first kappa shape index (κ1) is 15.8. The van der Waals surface area contributed by atoms with Crippen LogP contribution in [0.25, 0.3) is 0 Å². The van der Waals surface area contributed by atoms with E-state index in [-0.39, 0.29) is 17.6 Å². The number of rotatable bonds is 8. The van der Waals surface area contributed by atoms with Crippen molar-refractivity contribution in [2.24, 2.45) is 5.41 Å². The summed E-state index contributed by atoms with van der Waals surface area (Å²) in [6.45, 7) is 4.58. The average molecular weight is 283 g/mol. The first-order valence-corrected chi connectivity index (χ1v) is 8.24. The molecule has 2 atom stereocenters. The fourth-order valence-corrected chi connectivity index (χ4v) is 3.23. The highest BCUT2D eigenvalue weighted by Gasteiger charge is 2.37. The minimum Gasteiger partial charge on any atom is -0.356 e. The molecule has 2 heterocycles. The molecule has 20 heavy (non-hydrogen) atoms. The van der Waals surface area contributed by atoms with Gasteiger partial charge in [0.15, 0.2) is 6.29 Å². The summed E-state index contributed by atoms with van der Waals surface area (Å²) in [5, 5.41) is 3.00. The van der Waals surface area contributed by atoms with E-state index in [9.17, 15) is 4.79 Å². The van der Waals surface area contributed by atoms with Gasteiger partial charge in [0.25, 0.3) is 0 Å². The maximum absolute atomic E-state index is 11.6. The largest absolute Gasteiger partial charge is 0.356 e. The molecule has 2 aliphatic heterocycles. The van der Waals surface area contributed by atoms with Crippen LogP contribution in [0.15, 0.2) is 0 Å². The second-order valence-corrected chi connectivity index (χ2v) is 6.33. The molecular weight excluding hydrogens is 254 g/mol. The molecule has 0 spiro atoms. The SMILES string of the molecule is CCCCCC1(CCOC2CCCCO2)CNC(=O)C1. The summed E-state index contributed by atoms with van der Waals surface area (Å²) in [7, 11) is 0. The zero-order valence-corrected chi connectivity index (χ0v) is 12.8. The van der Waals surface area contributed by atoms with E-state index in [1.807, 2.05) is 0 Å². The van der Waals surface area contributed by atoms with Crippen molar-refractivity contribution in [3.05, 3.63) is 0 Å². The van der Waals surface area contributed by atoms with Crippen LogP contribution in [0, 0.1) is 5.41 Å². The molecule has 116 valence electrons. The van der Waals surface area contributed by atoms with Gasteiger partial charge < -0.3 is 14.8 Å². The summed E-state index contributed by atoms with van der Waals surface area (Å²) in [4.78, 5) is 11.6. The van der Waals surface area contributed by atoms with Gasteiger partial charge in [-0.2, -0.15) is 0 Å². The first-order chi connectivity index (χ1) is 9.74. The molecule has 2 unspecified atom stereocenters. The summed E-state index contributed by atoms with van der Waals surface area (Å²) in [6, 6.07) is 0. The number of carbonyl (C=O) groups is 1. The Morgan fingerprint density at radius 1 is 1.35 bits per heavy atom. The van der Waals surface area contributed by atoms with Crippen molar-refractivity contribution in [2.75, 3.05) is 19.8 Å². The van der Waals surface area contributed by atoms with E-state index in [4.69, 9.17) is 9.47 Å². The van der Waals surface area contributed by atoms with Crippen LogP contribution < -0.4 is 5.32 Å². The van der Waals surface area contributed by atoms with Crippen molar-refractivity contribution in [2.45, 2.75) is 71.0 Å². The molecule has 2 saturated heterocycles. The van der Waals surface area contributed by atoms with Crippen LogP contribution in [0.5, 0.6) is 0 Å². The van der Waals surface area contributed by atoms with Crippen LogP contribution in [-0.2, 0) is 14.3 Å². The zero-order chi connectivity index (χ0) is 14.3. The third kappa shape index (κ3) is 4.74. The van der Waals surface area contributed by atoms with E-state index < -0.39 is 0 Å². The number of hydrogen-bond acceptors (Lipinski definition) is 3. The summed E-state index contributed by atoms with van der Waals surface area (Å²) in [6.07, 6.45) is 9.82. The molecular formula is C16H29NO3. The fourth-order valence-electron chi connectivity index (χ4n) is 3.23. The van der Waals surface area contributed by atoms with E-state index in [0.717, 1.165) is 38.8 Å². The molecule has 1 N–H and O–H groups in total. The number of unbranched alkanes of at least 4 members (excludes halogenated alkanes) is 2. The van der Waals surface area contributed by atoms with E-state index in [1.165, 1.54) is 25.7 Å². The maximum Gasteiger partial charge on any atom is 0.220 e. The van der Waals surface area contributed by atoms with Gasteiger partial charge in [0.05, 0.1) is 6.61 Å². The maximum atomic E-state index is 11.6. The van der Waals surface area contributed by atoms with Crippen LogP contribution in [-0.4, -0.2) is 32.0 Å². The van der Waals surface area contributed by atoms with Gasteiger partial charge in [-0.05, 0) is 37.5 Å². The van der Waals surface area contributed by atoms with Crippen molar-refractivity contribution in [3.8, 4) is 0 Å². The molecule has 1 amide bonds. The van der Waals surface area contributed by atoms with Gasteiger partial charge in [0.1, 0.15) is 0 Å². The van der Waals surface area contributed by atoms with E-state index >= 15 is 0 Å². The molecule has 0 aromatic rings. The monoisotopic (exact) mass is 283 g/mol. The molecule has 0 aliphatic carbocycles. The number of nitrogens with one attached hydrogen (secondary N) is 1. The highest BCUT2D eigenvalue weighted by atomic mass is 16.7. The minimum absolute atomic E-state index is 0.0125. The van der Waals surface area contributed by atoms with E-state index in [1.54, 1.807) is 0 Å². The van der Waals surface area contributed by atoms with E-state index in [0.29, 0.717) is 13.0 Å². The normalized spacial score (nSPS) is 30.4. The summed E-state index contributed by atoms with van der Waals surface area (Å²) in [5.74, 6) is 0.204. The molecule has 2 fully saturated rings. The van der Waals surface area contributed by atoms with Crippen LogP contribution in [0.4, 0.5) is 0 Å². The number of hydrogen-bond donors (Lipinski definition) is 1. The number of carbonyl (C=O) groups excluding carboxylic acids is 1. The zero-order valence-electron chi connectivity index (χ0n) is 12.8. The molecule has 0 radical (unpaired) electrons. The van der Waals surface area contributed by atoms with Crippen molar-refractivity contribution in [1.29, 1.82) is 0 Å². The van der Waals surface area contributed by atoms with Gasteiger partial charge in [0, 0.05) is 19.6 Å². The third-order valence-electron chi connectivity index (χ3n) is 4.58. The third-order valence-corrected chi connectivity index (χ3v) is 4.58. The molecule has 0 saturated carbocycles. The topological polar surface area (TPSA) is 47.6 Å². The lowest BCUT2D eigenvalue weighted by molar-refractivity contribution is -0.166. The number of ether oxygens (including phenoxy) is 2. The fraction of sp³-hybridized carbons (Fsp3) is 0.938. The quantitative estimate of drug-likeness (QED) is 0.697. The van der Waals surface area contributed by atoms with Gasteiger partial charge in [-0.3, -0.25) is 4.79 Å². The van der Waals surface area contributed by atoms with Gasteiger partial charge in [-0.25, -0.2) is 0 Å². The highest BCUT2D eigenvalue weighted by Crippen LogP contribution is 2.36. The summed E-state index contributed by atoms with van der Waals surface area (Å²) >= 11 is 0. The van der Waals surface area contributed by atoms with Gasteiger partial charge in [-0.1, -0.05) is 26.2 Å². The van der Waals surface area contributed by atoms with Crippen LogP contribution in [0.1, 0.15) is 64.7 Å². The lowest BCUT2D eigenvalue weighted by Crippen LogP contribution is -2.28. The predicted octanol–water partition coefficient (Wildman–Crippen LogP) is 3.01. The molecule has 0 bridgehead atoms. The average Bonchev–Trinajstić information content (AvgIpc) is 2.82. The Labute approximate surface area is 122 Å². The summed E-state index contributed by atoms with van der Waals surface area (Å²) < 4.78 is 11.4. The molecule has 4 heteroatoms. The predicted molar refractivity (Wildman–Crippen MR) is 78.4 cm³/mol. The second kappa shape index (κ2) is 7.99. The van der Waals surface area contributed by atoms with Crippen LogP contribution >= 0.6 is 0 Å². The van der Waals surface area contributed by atoms with Crippen molar-refractivity contribution >= 4 is 5.91 Å². The Hall–Kier alpha value is -0.610. The molecule has 4 nitrogen and oxygen atoms in total.